The minimum Gasteiger partial charge on any atom is -0.480 e. The number of nitrogens with one attached hydrogen (secondary N) is 1. The number of carbonyl (C=O) groups excluding carboxylic acids is 1. The molecule has 0 aliphatic carbocycles. The van der Waals surface area contributed by atoms with Crippen molar-refractivity contribution in [1.29, 1.82) is 0 Å². The van der Waals surface area contributed by atoms with Crippen molar-refractivity contribution in [3.8, 4) is 0 Å². The average Bonchev–Trinajstić information content (AvgIpc) is 2.66. The number of carboxylic acids is 1. The molecule has 0 aliphatic rings. The van der Waals surface area contributed by atoms with Crippen LogP contribution in [0, 0.1) is 6.92 Å². The largest absolute Gasteiger partial charge is 0.480 e. The lowest BCUT2D eigenvalue weighted by Gasteiger charge is -2.10. The van der Waals surface area contributed by atoms with Gasteiger partial charge < -0.3 is 15.5 Å². The summed E-state index contributed by atoms with van der Waals surface area (Å²) in [5.74, 6) is -1.70. The van der Waals surface area contributed by atoms with Crippen LogP contribution in [0.15, 0.2) is 6.07 Å². The van der Waals surface area contributed by atoms with Gasteiger partial charge >= 0.3 is 5.97 Å². The monoisotopic (exact) mass is 257 g/mol. The number of carboxylic acid groups (broad SMARTS) is 1. The first-order valence-electron chi connectivity index (χ1n) is 5.23. The van der Waals surface area contributed by atoms with Crippen LogP contribution in [0.2, 0.25) is 0 Å². The molecule has 0 saturated heterocycles. The van der Waals surface area contributed by atoms with E-state index >= 15 is 0 Å². The number of carbonyl (C=O) groups is 2. The summed E-state index contributed by atoms with van der Waals surface area (Å²) in [5.41, 5.74) is 1.08. The van der Waals surface area contributed by atoms with Crippen molar-refractivity contribution in [3.05, 3.63) is 21.4 Å². The predicted molar refractivity (Wildman–Crippen MR) is 64.4 cm³/mol. The molecule has 1 aromatic heterocycles. The molecule has 6 heteroatoms. The topological polar surface area (TPSA) is 86.6 Å². The zero-order chi connectivity index (χ0) is 13.0. The lowest BCUT2D eigenvalue weighted by molar-refractivity contribution is -0.140. The second-order valence-electron chi connectivity index (χ2n) is 3.59. The third-order valence-electron chi connectivity index (χ3n) is 2.41. The molecule has 94 valence electrons. The maximum atomic E-state index is 11.7. The highest BCUT2D eigenvalue weighted by molar-refractivity contribution is 7.14. The number of thiophene rings is 1. The van der Waals surface area contributed by atoms with E-state index in [9.17, 15) is 9.59 Å². The van der Waals surface area contributed by atoms with Crippen LogP contribution in [-0.4, -0.2) is 34.7 Å². The summed E-state index contributed by atoms with van der Waals surface area (Å²) in [6.07, 6.45) is 0.831. The summed E-state index contributed by atoms with van der Waals surface area (Å²) in [4.78, 5) is 23.9. The Morgan fingerprint density at radius 2 is 2.18 bits per heavy atom. The molecule has 1 aromatic rings. The van der Waals surface area contributed by atoms with Gasteiger partial charge in [0.15, 0.2) is 6.04 Å². The Morgan fingerprint density at radius 1 is 1.53 bits per heavy atom. The van der Waals surface area contributed by atoms with Gasteiger partial charge in [-0.2, -0.15) is 0 Å². The first kappa shape index (κ1) is 13.7. The molecule has 1 atom stereocenters. The van der Waals surface area contributed by atoms with Gasteiger partial charge in [-0.25, -0.2) is 4.79 Å². The van der Waals surface area contributed by atoms with Crippen LogP contribution in [0.5, 0.6) is 0 Å². The lowest BCUT2D eigenvalue weighted by atomic mass is 10.2. The summed E-state index contributed by atoms with van der Waals surface area (Å²) in [6.45, 7) is 3.29. The Balaban J connectivity index is 2.78. The van der Waals surface area contributed by atoms with E-state index in [4.69, 9.17) is 10.2 Å². The molecule has 0 aromatic carbocycles. The minimum absolute atomic E-state index is 0.459. The number of rotatable bonds is 5. The maximum Gasteiger partial charge on any atom is 0.328 e. The summed E-state index contributed by atoms with van der Waals surface area (Å²) < 4.78 is 0. The summed E-state index contributed by atoms with van der Waals surface area (Å²) in [6, 6.07) is 0.501. The van der Waals surface area contributed by atoms with Crippen molar-refractivity contribution >= 4 is 23.2 Å². The van der Waals surface area contributed by atoms with Gasteiger partial charge in [0.05, 0.1) is 11.5 Å². The molecule has 0 spiro atoms. The average molecular weight is 257 g/mol. The fourth-order valence-corrected chi connectivity index (χ4v) is 2.41. The van der Waals surface area contributed by atoms with Crippen LogP contribution < -0.4 is 5.32 Å². The maximum absolute atomic E-state index is 11.7. The van der Waals surface area contributed by atoms with E-state index in [-0.39, 0.29) is 0 Å². The molecule has 0 saturated carbocycles. The fourth-order valence-electron chi connectivity index (χ4n) is 1.40. The molecule has 17 heavy (non-hydrogen) atoms. The van der Waals surface area contributed by atoms with Crippen LogP contribution >= 0.6 is 11.3 Å². The van der Waals surface area contributed by atoms with Crippen LogP contribution in [0.1, 0.15) is 27.0 Å². The standard InChI is InChI=1S/C11H15NO4S/c1-3-7-4-9(17-6(7)2)10(14)12-8(5-13)11(15)16/h4,8,13H,3,5H2,1-2H3,(H,12,14)(H,15,16). The molecule has 0 radical (unpaired) electrons. The lowest BCUT2D eigenvalue weighted by Crippen LogP contribution is -2.43. The van der Waals surface area contributed by atoms with E-state index in [2.05, 4.69) is 5.32 Å². The number of amides is 1. The first-order chi connectivity index (χ1) is 7.99. The second-order valence-corrected chi connectivity index (χ2v) is 4.85. The summed E-state index contributed by atoms with van der Waals surface area (Å²) >= 11 is 1.32. The van der Waals surface area contributed by atoms with E-state index in [1.807, 2.05) is 13.8 Å². The molecule has 3 N–H and O–H groups in total. The highest BCUT2D eigenvalue weighted by Crippen LogP contribution is 2.21. The van der Waals surface area contributed by atoms with Gasteiger partial charge in [0.25, 0.3) is 5.91 Å². The normalized spacial score (nSPS) is 12.2. The summed E-state index contributed by atoms with van der Waals surface area (Å²) in [5, 5.41) is 19.8. The van der Waals surface area contributed by atoms with Crippen molar-refractivity contribution in [1.82, 2.24) is 5.32 Å². The molecule has 0 bridgehead atoms. The van der Waals surface area contributed by atoms with Gasteiger partial charge in [-0.3, -0.25) is 4.79 Å². The number of hydrogen-bond acceptors (Lipinski definition) is 4. The molecule has 0 fully saturated rings. The second kappa shape index (κ2) is 5.79. The highest BCUT2D eigenvalue weighted by Gasteiger charge is 2.20. The van der Waals surface area contributed by atoms with Crippen molar-refractivity contribution < 1.29 is 19.8 Å². The Morgan fingerprint density at radius 3 is 2.59 bits per heavy atom. The molecular formula is C11H15NO4S. The molecule has 1 rings (SSSR count). The van der Waals surface area contributed by atoms with Gasteiger partial charge in [-0.15, -0.1) is 11.3 Å². The zero-order valence-corrected chi connectivity index (χ0v) is 10.5. The van der Waals surface area contributed by atoms with Crippen molar-refractivity contribution in [2.75, 3.05) is 6.61 Å². The molecular weight excluding hydrogens is 242 g/mol. The van der Waals surface area contributed by atoms with Gasteiger partial charge in [-0.05, 0) is 25.0 Å². The van der Waals surface area contributed by atoms with E-state index in [0.717, 1.165) is 16.9 Å². The van der Waals surface area contributed by atoms with Crippen LogP contribution in [0.4, 0.5) is 0 Å². The van der Waals surface area contributed by atoms with E-state index < -0.39 is 24.5 Å². The number of aliphatic hydroxyl groups is 1. The van der Waals surface area contributed by atoms with Gasteiger partial charge in [0.1, 0.15) is 0 Å². The van der Waals surface area contributed by atoms with Crippen molar-refractivity contribution in [2.45, 2.75) is 26.3 Å². The van der Waals surface area contributed by atoms with E-state index in [1.54, 1.807) is 6.07 Å². The van der Waals surface area contributed by atoms with Gasteiger partial charge in [0, 0.05) is 4.88 Å². The van der Waals surface area contributed by atoms with Crippen LogP contribution in [0.3, 0.4) is 0 Å². The van der Waals surface area contributed by atoms with Crippen LogP contribution in [-0.2, 0) is 11.2 Å². The zero-order valence-electron chi connectivity index (χ0n) is 9.69. The number of hydrogen-bond donors (Lipinski definition) is 3. The first-order valence-corrected chi connectivity index (χ1v) is 6.05. The Hall–Kier alpha value is -1.40. The Labute approximate surface area is 103 Å². The van der Waals surface area contributed by atoms with E-state index in [1.165, 1.54) is 11.3 Å². The number of aryl methyl sites for hydroxylation is 2. The molecule has 5 nitrogen and oxygen atoms in total. The third kappa shape index (κ3) is 3.28. The Bertz CT molecular complexity index is 427. The van der Waals surface area contributed by atoms with Gasteiger partial charge in [0.2, 0.25) is 0 Å². The Kier molecular flexibility index (Phi) is 4.65. The SMILES string of the molecule is CCc1cc(C(=O)NC(CO)C(=O)O)sc1C. The van der Waals surface area contributed by atoms with Crippen LogP contribution in [0.25, 0.3) is 0 Å². The smallest absolute Gasteiger partial charge is 0.328 e. The predicted octanol–water partition coefficient (Wildman–Crippen LogP) is 0.794. The van der Waals surface area contributed by atoms with Gasteiger partial charge in [-0.1, -0.05) is 6.92 Å². The van der Waals surface area contributed by atoms with E-state index in [0.29, 0.717) is 4.88 Å². The number of aliphatic hydroxyl groups excluding tert-OH is 1. The summed E-state index contributed by atoms with van der Waals surface area (Å²) in [7, 11) is 0. The quantitative estimate of drug-likeness (QED) is 0.728. The highest BCUT2D eigenvalue weighted by atomic mass is 32.1. The molecule has 1 heterocycles. The van der Waals surface area contributed by atoms with Crippen molar-refractivity contribution in [2.24, 2.45) is 0 Å². The molecule has 0 aliphatic heterocycles. The number of aliphatic carboxylic acids is 1. The third-order valence-corrected chi connectivity index (χ3v) is 3.50. The van der Waals surface area contributed by atoms with Crippen molar-refractivity contribution in [3.63, 3.8) is 0 Å². The molecule has 1 amide bonds. The minimum atomic E-state index is -1.25. The fraction of sp³-hybridized carbons (Fsp3) is 0.455. The molecule has 1 unspecified atom stereocenters.